The molecule has 0 spiro atoms. The number of benzene rings is 1. The van der Waals surface area contributed by atoms with Crippen LogP contribution in [0.4, 0.5) is 5.69 Å². The van der Waals surface area contributed by atoms with Crippen LogP contribution in [0.25, 0.3) is 0 Å². The minimum atomic E-state index is -0.112. The topological polar surface area (TPSA) is 50.2 Å². The Hall–Kier alpha value is -2.14. The largest absolute Gasteiger partial charge is 0.322 e. The predicted octanol–water partition coefficient (Wildman–Crippen LogP) is 2.97. The fourth-order valence-corrected chi connectivity index (χ4v) is 2.99. The molecule has 5 nitrogen and oxygen atoms in total. The average Bonchev–Trinajstić information content (AvgIpc) is 2.90. The molecular weight excluding hydrogens is 288 g/mol. The molecule has 5 heteroatoms. The summed E-state index contributed by atoms with van der Waals surface area (Å²) in [6.45, 7) is 5.27. The van der Waals surface area contributed by atoms with Crippen molar-refractivity contribution in [2.75, 3.05) is 18.4 Å². The Labute approximate surface area is 137 Å². The van der Waals surface area contributed by atoms with E-state index in [2.05, 4.69) is 27.4 Å². The van der Waals surface area contributed by atoms with Crippen LogP contribution in [0.5, 0.6) is 0 Å². The van der Waals surface area contributed by atoms with E-state index in [4.69, 9.17) is 0 Å². The number of hydrogen-bond acceptors (Lipinski definition) is 3. The minimum Gasteiger partial charge on any atom is -0.322 e. The molecule has 2 heterocycles. The highest BCUT2D eigenvalue weighted by Crippen LogP contribution is 2.16. The lowest BCUT2D eigenvalue weighted by molar-refractivity contribution is 0.102. The first-order valence-corrected chi connectivity index (χ1v) is 8.25. The zero-order chi connectivity index (χ0) is 16.2. The van der Waals surface area contributed by atoms with Crippen molar-refractivity contribution in [3.8, 4) is 0 Å². The number of piperidine rings is 1. The standard InChI is InChI=1S/C18H24N4O/c1-14-17(12-19-21(14)2)18(23)20-16-8-6-15(7-9-16)13-22-10-4-3-5-11-22/h6-9,12H,3-5,10-11,13H2,1-2H3,(H,20,23). The molecule has 1 N–H and O–H groups in total. The lowest BCUT2D eigenvalue weighted by Crippen LogP contribution is -2.29. The van der Waals surface area contributed by atoms with Gasteiger partial charge in [0.15, 0.2) is 0 Å². The number of anilines is 1. The Bertz CT molecular complexity index is 669. The van der Waals surface area contributed by atoms with Gasteiger partial charge in [0.2, 0.25) is 0 Å². The van der Waals surface area contributed by atoms with Crippen molar-refractivity contribution in [3.63, 3.8) is 0 Å². The van der Waals surface area contributed by atoms with Crippen LogP contribution in [0.1, 0.15) is 40.9 Å². The third kappa shape index (κ3) is 3.79. The third-order valence-corrected chi connectivity index (χ3v) is 4.55. The van der Waals surface area contributed by atoms with Gasteiger partial charge in [-0.3, -0.25) is 14.4 Å². The number of amides is 1. The van der Waals surface area contributed by atoms with Crippen LogP contribution < -0.4 is 5.32 Å². The van der Waals surface area contributed by atoms with Crippen molar-refractivity contribution < 1.29 is 4.79 Å². The second-order valence-corrected chi connectivity index (χ2v) is 6.26. The van der Waals surface area contributed by atoms with Gasteiger partial charge in [-0.25, -0.2) is 0 Å². The van der Waals surface area contributed by atoms with Crippen molar-refractivity contribution in [3.05, 3.63) is 47.3 Å². The maximum Gasteiger partial charge on any atom is 0.259 e. The fourth-order valence-electron chi connectivity index (χ4n) is 2.99. The maximum absolute atomic E-state index is 12.3. The molecule has 1 saturated heterocycles. The first-order valence-electron chi connectivity index (χ1n) is 8.25. The van der Waals surface area contributed by atoms with Crippen LogP contribution in [0.15, 0.2) is 30.5 Å². The van der Waals surface area contributed by atoms with Crippen molar-refractivity contribution in [2.45, 2.75) is 32.7 Å². The molecule has 2 aromatic rings. The zero-order valence-electron chi connectivity index (χ0n) is 13.9. The van der Waals surface area contributed by atoms with E-state index < -0.39 is 0 Å². The van der Waals surface area contributed by atoms with E-state index in [1.54, 1.807) is 10.9 Å². The van der Waals surface area contributed by atoms with Crippen molar-refractivity contribution >= 4 is 11.6 Å². The van der Waals surface area contributed by atoms with Crippen molar-refractivity contribution in [1.29, 1.82) is 0 Å². The van der Waals surface area contributed by atoms with Crippen LogP contribution in [0.3, 0.4) is 0 Å². The van der Waals surface area contributed by atoms with E-state index in [0.29, 0.717) is 5.56 Å². The fraction of sp³-hybridized carbons (Fsp3) is 0.444. The van der Waals surface area contributed by atoms with Gasteiger partial charge in [-0.1, -0.05) is 18.6 Å². The molecule has 1 aliphatic rings. The predicted molar refractivity (Wildman–Crippen MR) is 91.5 cm³/mol. The van der Waals surface area contributed by atoms with Gasteiger partial charge in [0.05, 0.1) is 11.8 Å². The van der Waals surface area contributed by atoms with E-state index in [9.17, 15) is 4.79 Å². The molecular formula is C18H24N4O. The quantitative estimate of drug-likeness (QED) is 0.944. The van der Waals surface area contributed by atoms with E-state index in [0.717, 1.165) is 17.9 Å². The second kappa shape index (κ2) is 6.96. The number of rotatable bonds is 4. The van der Waals surface area contributed by atoms with Gasteiger partial charge in [-0.2, -0.15) is 5.10 Å². The lowest BCUT2D eigenvalue weighted by atomic mass is 10.1. The van der Waals surface area contributed by atoms with Crippen LogP contribution in [-0.2, 0) is 13.6 Å². The number of carbonyl (C=O) groups excluding carboxylic acids is 1. The summed E-state index contributed by atoms with van der Waals surface area (Å²) in [6, 6.07) is 8.15. The van der Waals surface area contributed by atoms with Gasteiger partial charge in [-0.15, -0.1) is 0 Å². The van der Waals surface area contributed by atoms with E-state index in [1.807, 2.05) is 26.1 Å². The zero-order valence-corrected chi connectivity index (χ0v) is 13.9. The average molecular weight is 312 g/mol. The first kappa shape index (κ1) is 15.7. The maximum atomic E-state index is 12.3. The Balaban J connectivity index is 1.60. The number of aryl methyl sites for hydroxylation is 1. The molecule has 0 bridgehead atoms. The first-order chi connectivity index (χ1) is 11.1. The minimum absolute atomic E-state index is 0.112. The Kier molecular flexibility index (Phi) is 4.76. The van der Waals surface area contributed by atoms with E-state index in [-0.39, 0.29) is 5.91 Å². The smallest absolute Gasteiger partial charge is 0.259 e. The highest BCUT2D eigenvalue weighted by molar-refractivity contribution is 6.04. The molecule has 0 radical (unpaired) electrons. The third-order valence-electron chi connectivity index (χ3n) is 4.55. The molecule has 1 amide bonds. The highest BCUT2D eigenvalue weighted by Gasteiger charge is 2.13. The number of carbonyl (C=O) groups is 1. The molecule has 1 aromatic carbocycles. The summed E-state index contributed by atoms with van der Waals surface area (Å²) in [6.07, 6.45) is 5.57. The van der Waals surface area contributed by atoms with Crippen LogP contribution >= 0.6 is 0 Å². The van der Waals surface area contributed by atoms with Gasteiger partial charge in [0.25, 0.3) is 5.91 Å². The number of nitrogens with zero attached hydrogens (tertiary/aromatic N) is 3. The Morgan fingerprint density at radius 1 is 1.17 bits per heavy atom. The van der Waals surface area contributed by atoms with Crippen LogP contribution in [-0.4, -0.2) is 33.7 Å². The highest BCUT2D eigenvalue weighted by atomic mass is 16.1. The summed E-state index contributed by atoms with van der Waals surface area (Å²) in [5.41, 5.74) is 3.59. The van der Waals surface area contributed by atoms with Gasteiger partial charge in [0, 0.05) is 25.0 Å². The van der Waals surface area contributed by atoms with Gasteiger partial charge < -0.3 is 5.32 Å². The molecule has 1 fully saturated rings. The van der Waals surface area contributed by atoms with E-state index in [1.165, 1.54) is 37.9 Å². The molecule has 0 atom stereocenters. The Morgan fingerprint density at radius 2 is 1.87 bits per heavy atom. The summed E-state index contributed by atoms with van der Waals surface area (Å²) in [5, 5.41) is 7.05. The summed E-state index contributed by atoms with van der Waals surface area (Å²) < 4.78 is 1.70. The molecule has 1 aliphatic heterocycles. The number of aromatic nitrogens is 2. The molecule has 0 saturated carbocycles. The summed E-state index contributed by atoms with van der Waals surface area (Å²) >= 11 is 0. The van der Waals surface area contributed by atoms with Crippen molar-refractivity contribution in [2.24, 2.45) is 7.05 Å². The Morgan fingerprint density at radius 3 is 2.48 bits per heavy atom. The molecule has 23 heavy (non-hydrogen) atoms. The normalized spacial score (nSPS) is 15.6. The summed E-state index contributed by atoms with van der Waals surface area (Å²) in [4.78, 5) is 14.8. The number of nitrogens with one attached hydrogen (secondary N) is 1. The lowest BCUT2D eigenvalue weighted by Gasteiger charge is -2.26. The van der Waals surface area contributed by atoms with Gasteiger partial charge in [0.1, 0.15) is 0 Å². The molecule has 1 aromatic heterocycles. The molecule has 3 rings (SSSR count). The summed E-state index contributed by atoms with van der Waals surface area (Å²) in [5.74, 6) is -0.112. The molecule has 0 aliphatic carbocycles. The number of likely N-dealkylation sites (tertiary alicyclic amines) is 1. The van der Waals surface area contributed by atoms with Gasteiger partial charge in [-0.05, 0) is 50.6 Å². The second-order valence-electron chi connectivity index (χ2n) is 6.26. The molecule has 122 valence electrons. The van der Waals surface area contributed by atoms with Crippen molar-refractivity contribution in [1.82, 2.24) is 14.7 Å². The number of hydrogen-bond donors (Lipinski definition) is 1. The SMILES string of the molecule is Cc1c(C(=O)Nc2ccc(CN3CCCCC3)cc2)cnn1C. The van der Waals surface area contributed by atoms with Crippen LogP contribution in [0.2, 0.25) is 0 Å². The van der Waals surface area contributed by atoms with Crippen LogP contribution in [0, 0.1) is 6.92 Å². The van der Waals surface area contributed by atoms with Gasteiger partial charge >= 0.3 is 0 Å². The van der Waals surface area contributed by atoms with E-state index >= 15 is 0 Å². The molecule has 0 unspecified atom stereocenters. The monoisotopic (exact) mass is 312 g/mol. The summed E-state index contributed by atoms with van der Waals surface area (Å²) in [7, 11) is 1.83.